The van der Waals surface area contributed by atoms with E-state index in [0.717, 1.165) is 11.4 Å². The quantitative estimate of drug-likeness (QED) is 0.0372. The number of carbonyl (C=O) groups is 7. The lowest BCUT2D eigenvalue weighted by molar-refractivity contribution is -0.128. The third-order valence-electron chi connectivity index (χ3n) is 18.8. The Hall–Kier alpha value is -10.9. The fourth-order valence-electron chi connectivity index (χ4n) is 13.1. The number of ether oxygens (including phenoxy) is 14. The largest absolute Gasteiger partial charge is 0.507 e. The molecule has 4 N–H and O–H groups in total. The van der Waals surface area contributed by atoms with E-state index in [1.165, 1.54) is 12.1 Å². The second-order valence-electron chi connectivity index (χ2n) is 27.7. The Bertz CT molecular complexity index is 4410. The number of nitrogens with zero attached hydrogens (tertiary/aromatic N) is 8. The molecule has 116 heavy (non-hydrogen) atoms. The van der Waals surface area contributed by atoms with Gasteiger partial charge in [-0.05, 0) is 84.9 Å². The highest BCUT2D eigenvalue weighted by atomic mass is 16.7. The van der Waals surface area contributed by atoms with Gasteiger partial charge in [-0.3, -0.25) is 43.9 Å². The van der Waals surface area contributed by atoms with Crippen LogP contribution in [0.5, 0.6) is 34.5 Å². The van der Waals surface area contributed by atoms with Gasteiger partial charge in [-0.2, -0.15) is 0 Å². The van der Waals surface area contributed by atoms with Crippen LogP contribution >= 0.6 is 0 Å². The van der Waals surface area contributed by atoms with Crippen LogP contribution in [0.3, 0.4) is 0 Å². The molecule has 0 spiro atoms. The summed E-state index contributed by atoms with van der Waals surface area (Å²) in [5, 5.41) is 37.8. The molecule has 624 valence electrons. The van der Waals surface area contributed by atoms with Gasteiger partial charge >= 0.3 is 11.9 Å². The van der Waals surface area contributed by atoms with E-state index < -0.39 is 23.5 Å². The molecule has 0 radical (unpaired) electrons. The number of aromatic nitrogens is 4. The third kappa shape index (κ3) is 24.1. The predicted octanol–water partition coefficient (Wildman–Crippen LogP) is 6.07. The second-order valence-corrected chi connectivity index (χ2v) is 27.7. The van der Waals surface area contributed by atoms with E-state index in [0.29, 0.717) is 182 Å². The highest BCUT2D eigenvalue weighted by Gasteiger charge is 2.40. The molecule has 4 fully saturated rings. The minimum atomic E-state index is -1.05. The summed E-state index contributed by atoms with van der Waals surface area (Å²) in [6.07, 6.45) is 9.20. The molecule has 4 amide bonds. The van der Waals surface area contributed by atoms with Crippen LogP contribution in [0.2, 0.25) is 0 Å². The van der Waals surface area contributed by atoms with E-state index in [1.54, 1.807) is 181 Å². The lowest BCUT2D eigenvalue weighted by Crippen LogP contribution is -2.51. The molecule has 0 aliphatic carbocycles. The van der Waals surface area contributed by atoms with E-state index >= 15 is 0 Å². The number of aromatic hydroxyl groups is 2. The van der Waals surface area contributed by atoms with Gasteiger partial charge in [0.25, 0.3) is 23.6 Å². The molecule has 0 saturated carbocycles. The summed E-state index contributed by atoms with van der Waals surface area (Å²) in [5.41, 5.74) is 5.30. The molecular weight excluding hydrogens is 1510 g/mol. The number of hydrogen-bond acceptors (Lipinski definition) is 29. The highest BCUT2D eigenvalue weighted by molar-refractivity contribution is 5.99. The zero-order valence-electron chi connectivity index (χ0n) is 66.4. The number of phenols is 2. The number of fused-ring (bicyclic) bond motifs is 2. The van der Waals surface area contributed by atoms with Gasteiger partial charge in [-0.15, -0.1) is 0 Å². The van der Waals surface area contributed by atoms with Gasteiger partial charge in [0.05, 0.1) is 161 Å². The number of esters is 2. The Morgan fingerprint density at radius 2 is 0.793 bits per heavy atom. The Balaban J connectivity index is 0.000000170. The average Bonchev–Trinajstić information content (AvgIpc) is 0.783. The van der Waals surface area contributed by atoms with Crippen molar-refractivity contribution in [2.75, 3.05) is 160 Å². The molecule has 33 heteroatoms. The zero-order valence-corrected chi connectivity index (χ0v) is 66.4. The van der Waals surface area contributed by atoms with Crippen LogP contribution in [0.25, 0.3) is 0 Å². The number of hydrogen-bond donors (Lipinski definition) is 4. The number of aliphatic hydroxyl groups is 2. The van der Waals surface area contributed by atoms with Gasteiger partial charge in [-0.1, -0.05) is 18.2 Å². The normalized spacial score (nSPS) is 18.4. The average molecular weight is 1610 g/mol. The van der Waals surface area contributed by atoms with Crippen LogP contribution in [0.4, 0.5) is 0 Å². The zero-order chi connectivity index (χ0) is 83.2. The number of amides is 4. The van der Waals surface area contributed by atoms with Crippen molar-refractivity contribution in [2.45, 2.75) is 89.1 Å². The summed E-state index contributed by atoms with van der Waals surface area (Å²) in [6, 6.07) is 27.3. The van der Waals surface area contributed by atoms with Crippen molar-refractivity contribution in [2.24, 2.45) is 0 Å². The molecule has 10 heterocycles. The fourth-order valence-corrected chi connectivity index (χ4v) is 13.1. The SMILES string of the molecule is CC1(C)OC(=O)c2c(O)cccc2O1.COCCc1ncccc1C(=O)N1CCOC[C@H]1CO.COCCc1ncccc1C(=O)N1CCOC[C@H]1COC.COCCc1ncccc1C(=O)N1CCOC[C@H]1COc1cccc2c1C(=O)OC(C)(C)O2.O=Cc1c(O)cccc1OC[C@@H]1COCCN1C(=O)c1cccnc1CCO. The maximum Gasteiger partial charge on any atom is 0.349 e. The topological polar surface area (TPSA) is 394 Å². The molecule has 13 rings (SSSR count). The van der Waals surface area contributed by atoms with Crippen LogP contribution in [0, 0.1) is 0 Å². The lowest BCUT2D eigenvalue weighted by atomic mass is 10.1. The molecule has 3 aromatic carbocycles. The summed E-state index contributed by atoms with van der Waals surface area (Å²) in [7, 11) is 6.50. The van der Waals surface area contributed by atoms with Gasteiger partial charge in [0, 0.05) is 139 Å². The minimum Gasteiger partial charge on any atom is -0.507 e. The van der Waals surface area contributed by atoms with E-state index in [-0.39, 0.29) is 115 Å². The first-order valence-electron chi connectivity index (χ1n) is 37.9. The summed E-state index contributed by atoms with van der Waals surface area (Å²) < 4.78 is 75.5. The van der Waals surface area contributed by atoms with Crippen molar-refractivity contribution < 1.29 is 120 Å². The maximum atomic E-state index is 13.4. The summed E-state index contributed by atoms with van der Waals surface area (Å²) in [4.78, 5) is 111. The number of aliphatic hydroxyl groups excluding tert-OH is 2. The van der Waals surface area contributed by atoms with Crippen LogP contribution in [-0.4, -0.2) is 298 Å². The van der Waals surface area contributed by atoms with Gasteiger partial charge in [0.15, 0.2) is 6.29 Å². The number of benzene rings is 3. The number of rotatable bonds is 25. The molecule has 6 aliphatic heterocycles. The predicted molar refractivity (Wildman–Crippen MR) is 415 cm³/mol. The van der Waals surface area contributed by atoms with Gasteiger partial charge < -0.3 is 106 Å². The number of methoxy groups -OCH3 is 4. The molecule has 7 aromatic rings. The number of morpholine rings is 4. The van der Waals surface area contributed by atoms with E-state index in [2.05, 4.69) is 19.9 Å². The Morgan fingerprint density at radius 1 is 0.440 bits per heavy atom. The Labute approximate surface area is 672 Å². The standard InChI is InChI=1S/C24H28N2O7.C20H22N2O6.C15H22N2O4.C14H20N2O4.C10H10O4/c1-24(2)32-20-8-4-7-19(21(20)23(28)33-24)31-15-16-14-30-13-11-26(16)22(27)17-6-5-10-25-18(17)9-12-29-3;23-9-6-17-15(3-2-7-21-17)20(26)22-8-10-27-12-14(22)13-28-19-5-1-4-18(25)16(19)11-24;1-19-8-5-14-13(4-3-6-16-14)15(18)17-7-9-21-11-12(17)10-20-2;1-19-7-4-13-12(3-2-5-15-13)14(18)16-6-8-20-10-11(16)9-17;1-10(2)13-7-5-3-4-6(11)8(7)9(12)14-10/h4-8,10,16H,9,11-15H2,1-3H3;1-5,7,11,14,23,25H,6,8-10,12-13H2;3-4,6,12H,5,7-11H2,1-2H3;2-3,5,11,17H,4,6-10H2,1H3;3-5,11H,1-2H3/t16-;14-;12-;11-;/m0011./s1. The molecule has 0 unspecified atom stereocenters. The van der Waals surface area contributed by atoms with Crippen LogP contribution in [0.1, 0.15) is 123 Å². The van der Waals surface area contributed by atoms with Crippen LogP contribution in [0.15, 0.2) is 128 Å². The molecule has 4 atom stereocenters. The third-order valence-corrected chi connectivity index (χ3v) is 18.8. The Kier molecular flexibility index (Phi) is 34.0. The first-order chi connectivity index (χ1) is 56.1. The van der Waals surface area contributed by atoms with E-state index in [4.69, 9.17) is 66.3 Å². The lowest BCUT2D eigenvalue weighted by Gasteiger charge is -2.36. The summed E-state index contributed by atoms with van der Waals surface area (Å²) in [6.45, 7) is 13.9. The number of cyclic esters (lactones) is 2. The number of pyridine rings is 4. The molecular formula is C83H102N8O25. The first-order valence-corrected chi connectivity index (χ1v) is 37.9. The molecule has 4 aromatic heterocycles. The van der Waals surface area contributed by atoms with Gasteiger partial charge in [0.2, 0.25) is 11.6 Å². The van der Waals surface area contributed by atoms with Crippen molar-refractivity contribution in [3.63, 3.8) is 0 Å². The number of phenolic OH excluding ortho intramolecular Hbond substituents is 2. The van der Waals surface area contributed by atoms with Crippen LogP contribution < -0.4 is 18.9 Å². The van der Waals surface area contributed by atoms with Crippen molar-refractivity contribution in [1.29, 1.82) is 0 Å². The molecule has 0 bridgehead atoms. The molecule has 6 aliphatic rings. The highest BCUT2D eigenvalue weighted by Crippen LogP contribution is 2.39. The number of aldehydes is 1. The summed E-state index contributed by atoms with van der Waals surface area (Å²) in [5.74, 6) is -2.50. The van der Waals surface area contributed by atoms with Crippen molar-refractivity contribution in [3.8, 4) is 34.5 Å². The number of carbonyl (C=O) groups excluding carboxylic acids is 7. The van der Waals surface area contributed by atoms with E-state index in [9.17, 15) is 54.0 Å². The monoisotopic (exact) mass is 1610 g/mol. The van der Waals surface area contributed by atoms with Crippen LogP contribution in [-0.2, 0) is 73.1 Å². The first kappa shape index (κ1) is 89.1. The van der Waals surface area contributed by atoms with Crippen molar-refractivity contribution >= 4 is 41.9 Å². The maximum absolute atomic E-state index is 13.4. The smallest absolute Gasteiger partial charge is 0.349 e. The van der Waals surface area contributed by atoms with Crippen molar-refractivity contribution in [1.82, 2.24) is 39.5 Å². The van der Waals surface area contributed by atoms with Gasteiger partial charge in [-0.25, -0.2) is 9.59 Å². The fraction of sp³-hybridized carbons (Fsp3) is 0.458. The van der Waals surface area contributed by atoms with Crippen molar-refractivity contribution in [3.05, 3.63) is 190 Å². The summed E-state index contributed by atoms with van der Waals surface area (Å²) >= 11 is 0. The molecule has 4 saturated heterocycles. The Morgan fingerprint density at radius 3 is 1.20 bits per heavy atom. The van der Waals surface area contributed by atoms with Gasteiger partial charge in [0.1, 0.15) is 58.8 Å². The second kappa shape index (κ2) is 44.3. The van der Waals surface area contributed by atoms with E-state index in [1.807, 2.05) is 11.0 Å². The molecule has 33 nitrogen and oxygen atoms in total. The minimum absolute atomic E-state index is 0.0143.